The molecular formula is C25H19ClFN3O4. The minimum atomic E-state index is -0.609. The second kappa shape index (κ2) is 8.46. The topological polar surface area (TPSA) is 85.7 Å². The molecule has 0 unspecified atom stereocenters. The van der Waals surface area contributed by atoms with Crippen LogP contribution < -0.4 is 20.7 Å². The number of nitrogens with zero attached hydrogens (tertiary/aromatic N) is 2. The van der Waals surface area contributed by atoms with E-state index in [0.717, 1.165) is 17.2 Å². The normalized spacial score (nSPS) is 14.8. The van der Waals surface area contributed by atoms with Crippen LogP contribution in [0, 0.1) is 5.82 Å². The molecule has 0 radical (unpaired) electrons. The van der Waals surface area contributed by atoms with Crippen molar-refractivity contribution in [2.75, 3.05) is 20.8 Å². The summed E-state index contributed by atoms with van der Waals surface area (Å²) in [6.07, 6.45) is 1.74. The average Bonchev–Trinajstić information content (AvgIpc) is 2.84. The molecule has 4 aromatic rings. The van der Waals surface area contributed by atoms with Crippen molar-refractivity contribution in [2.24, 2.45) is 4.99 Å². The lowest BCUT2D eigenvalue weighted by molar-refractivity contribution is 0.386. The van der Waals surface area contributed by atoms with Gasteiger partial charge in [0.15, 0.2) is 11.6 Å². The van der Waals surface area contributed by atoms with Crippen molar-refractivity contribution in [3.05, 3.63) is 91.3 Å². The average molecular weight is 480 g/mol. The van der Waals surface area contributed by atoms with Crippen molar-refractivity contribution in [1.29, 1.82) is 0 Å². The molecule has 0 saturated carbocycles. The molecule has 5 rings (SSSR count). The summed E-state index contributed by atoms with van der Waals surface area (Å²) in [5, 5.41) is 0.390. The Balaban J connectivity index is 1.74. The first-order valence-electron chi connectivity index (χ1n) is 10.4. The molecule has 1 aliphatic rings. The number of nitrogens with one attached hydrogen (secondary N) is 1. The van der Waals surface area contributed by atoms with Crippen LogP contribution in [0.4, 0.5) is 4.39 Å². The van der Waals surface area contributed by atoms with Crippen LogP contribution in [0.1, 0.15) is 17.2 Å². The van der Waals surface area contributed by atoms with Crippen LogP contribution in [0.3, 0.4) is 0 Å². The smallest absolute Gasteiger partial charge is 0.329 e. The van der Waals surface area contributed by atoms with Crippen LogP contribution in [0.5, 0.6) is 11.5 Å². The van der Waals surface area contributed by atoms with Gasteiger partial charge in [0.25, 0.3) is 5.56 Å². The summed E-state index contributed by atoms with van der Waals surface area (Å²) in [5.41, 5.74) is 1.87. The van der Waals surface area contributed by atoms with Gasteiger partial charge in [-0.15, -0.1) is 0 Å². The Hall–Kier alpha value is -3.91. The van der Waals surface area contributed by atoms with E-state index in [-0.39, 0.29) is 22.7 Å². The Morgan fingerprint density at radius 2 is 1.82 bits per heavy atom. The van der Waals surface area contributed by atoms with Crippen molar-refractivity contribution in [1.82, 2.24) is 9.55 Å². The molecular weight excluding hydrogens is 461 g/mol. The van der Waals surface area contributed by atoms with Gasteiger partial charge in [0.05, 0.1) is 42.7 Å². The molecule has 0 aliphatic carbocycles. The van der Waals surface area contributed by atoms with Gasteiger partial charge < -0.3 is 14.5 Å². The number of ether oxygens (including phenoxy) is 2. The highest BCUT2D eigenvalue weighted by atomic mass is 35.5. The molecule has 0 bridgehead atoms. The van der Waals surface area contributed by atoms with Gasteiger partial charge >= 0.3 is 5.69 Å². The number of rotatable bonds is 4. The molecule has 7 nitrogen and oxygen atoms in total. The highest BCUT2D eigenvalue weighted by molar-refractivity contribution is 6.33. The minimum absolute atomic E-state index is 0.00183. The first kappa shape index (κ1) is 21.9. The lowest BCUT2D eigenvalue weighted by atomic mass is 9.98. The minimum Gasteiger partial charge on any atom is -0.496 e. The zero-order chi connectivity index (χ0) is 24.0. The van der Waals surface area contributed by atoms with Gasteiger partial charge in [-0.05, 0) is 35.4 Å². The van der Waals surface area contributed by atoms with E-state index in [4.69, 9.17) is 21.1 Å². The number of fused-ring (bicyclic) bond motifs is 2. The molecule has 0 saturated heterocycles. The highest BCUT2D eigenvalue weighted by Crippen LogP contribution is 2.39. The van der Waals surface area contributed by atoms with E-state index in [0.29, 0.717) is 22.4 Å². The molecule has 1 atom stereocenters. The molecule has 0 spiro atoms. The van der Waals surface area contributed by atoms with Crippen LogP contribution >= 0.6 is 11.6 Å². The van der Waals surface area contributed by atoms with Crippen molar-refractivity contribution in [2.45, 2.75) is 6.04 Å². The van der Waals surface area contributed by atoms with Crippen molar-refractivity contribution in [3.8, 4) is 22.6 Å². The summed E-state index contributed by atoms with van der Waals surface area (Å²) in [4.78, 5) is 33.8. The van der Waals surface area contributed by atoms with Gasteiger partial charge in [-0.1, -0.05) is 35.9 Å². The number of hydrogen-bond donors (Lipinski definition) is 1. The van der Waals surface area contributed by atoms with Crippen LogP contribution in [0.2, 0.25) is 5.02 Å². The molecule has 9 heteroatoms. The summed E-state index contributed by atoms with van der Waals surface area (Å²) in [7, 11) is 2.80. The number of halogens is 2. The Bertz CT molecular complexity index is 1590. The monoisotopic (exact) mass is 479 g/mol. The molecule has 0 amide bonds. The number of aromatic nitrogens is 2. The zero-order valence-electron chi connectivity index (χ0n) is 18.3. The summed E-state index contributed by atoms with van der Waals surface area (Å²) in [6, 6.07) is 12.7. The van der Waals surface area contributed by atoms with Gasteiger partial charge in [0.1, 0.15) is 5.75 Å². The number of methoxy groups -OCH3 is 2. The van der Waals surface area contributed by atoms with Crippen LogP contribution in [-0.4, -0.2) is 36.5 Å². The van der Waals surface area contributed by atoms with E-state index in [2.05, 4.69) is 9.98 Å². The van der Waals surface area contributed by atoms with Crippen molar-refractivity contribution < 1.29 is 13.9 Å². The fraction of sp³-hybridized carbons (Fsp3) is 0.160. The molecule has 1 aromatic heterocycles. The fourth-order valence-electron chi connectivity index (χ4n) is 4.31. The molecule has 34 heavy (non-hydrogen) atoms. The summed E-state index contributed by atoms with van der Waals surface area (Å²) in [5.74, 6) is -0.273. The van der Waals surface area contributed by atoms with Gasteiger partial charge in [0, 0.05) is 17.3 Å². The highest BCUT2D eigenvalue weighted by Gasteiger charge is 2.24. The molecule has 1 aliphatic heterocycles. The maximum Gasteiger partial charge on any atom is 0.329 e. The number of aliphatic imine (C=N–C) groups is 1. The Kier molecular flexibility index (Phi) is 5.45. The van der Waals surface area contributed by atoms with E-state index in [1.165, 1.54) is 24.9 Å². The lowest BCUT2D eigenvalue weighted by Crippen LogP contribution is -2.40. The van der Waals surface area contributed by atoms with Crippen LogP contribution in [0.15, 0.2) is 63.1 Å². The van der Waals surface area contributed by atoms with E-state index >= 15 is 0 Å². The second-order valence-electron chi connectivity index (χ2n) is 7.81. The van der Waals surface area contributed by atoms with E-state index in [9.17, 15) is 14.0 Å². The summed E-state index contributed by atoms with van der Waals surface area (Å²) in [6.45, 7) is 0.270. The fourth-order valence-corrected chi connectivity index (χ4v) is 4.57. The second-order valence-corrected chi connectivity index (χ2v) is 8.22. The Morgan fingerprint density at radius 1 is 1.06 bits per heavy atom. The number of hydrogen-bond acceptors (Lipinski definition) is 5. The lowest BCUT2D eigenvalue weighted by Gasteiger charge is -2.23. The van der Waals surface area contributed by atoms with E-state index in [1.54, 1.807) is 18.3 Å². The van der Waals surface area contributed by atoms with Gasteiger partial charge in [0.2, 0.25) is 0 Å². The third-order valence-corrected chi connectivity index (χ3v) is 6.27. The zero-order valence-corrected chi connectivity index (χ0v) is 19.0. The summed E-state index contributed by atoms with van der Waals surface area (Å²) < 4.78 is 25.9. The summed E-state index contributed by atoms with van der Waals surface area (Å²) >= 11 is 6.31. The van der Waals surface area contributed by atoms with E-state index in [1.807, 2.05) is 24.3 Å². The third-order valence-electron chi connectivity index (χ3n) is 5.96. The standard InChI is InChI=1S/C25H19ClFN3O4/c1-33-22-9-17-20(7-16(22)15-8-23(34-2)19(27)10-18(15)26)29-25(32)30(24(17)31)21-12-28-11-13-5-3-4-6-14(13)21/h3-11,21H,12H2,1-2H3,(H,29,32)/t21-/m0/s1. The van der Waals surface area contributed by atoms with Gasteiger partial charge in [-0.3, -0.25) is 14.4 Å². The largest absolute Gasteiger partial charge is 0.496 e. The predicted octanol–water partition coefficient (Wildman–Crippen LogP) is 4.19. The predicted molar refractivity (Wildman–Crippen MR) is 129 cm³/mol. The maximum absolute atomic E-state index is 14.1. The van der Waals surface area contributed by atoms with Crippen molar-refractivity contribution >= 4 is 28.7 Å². The van der Waals surface area contributed by atoms with Crippen LogP contribution in [-0.2, 0) is 0 Å². The first-order chi connectivity index (χ1) is 16.4. The number of aromatic amines is 1. The van der Waals surface area contributed by atoms with Crippen molar-refractivity contribution in [3.63, 3.8) is 0 Å². The van der Waals surface area contributed by atoms with E-state index < -0.39 is 23.1 Å². The first-order valence-corrected chi connectivity index (χ1v) is 10.8. The maximum atomic E-state index is 14.1. The van der Waals surface area contributed by atoms with Crippen LogP contribution in [0.25, 0.3) is 22.0 Å². The molecule has 2 heterocycles. The molecule has 3 aromatic carbocycles. The SMILES string of the molecule is COc1cc(-c2cc3[nH]c(=O)n([C@H]4CN=Cc5ccccc54)c(=O)c3cc2OC)c(Cl)cc1F. The number of benzene rings is 3. The quantitative estimate of drug-likeness (QED) is 0.475. The Labute approximate surface area is 198 Å². The number of H-pyrrole nitrogens is 1. The Morgan fingerprint density at radius 3 is 2.59 bits per heavy atom. The molecule has 1 N–H and O–H groups in total. The van der Waals surface area contributed by atoms with Gasteiger partial charge in [-0.25, -0.2) is 9.18 Å². The third kappa shape index (κ3) is 3.47. The van der Waals surface area contributed by atoms with Gasteiger partial charge in [-0.2, -0.15) is 0 Å². The molecule has 172 valence electrons. The molecule has 0 fully saturated rings.